The third-order valence-corrected chi connectivity index (χ3v) is 9.59. The van der Waals surface area contributed by atoms with E-state index in [-0.39, 0.29) is 36.2 Å². The van der Waals surface area contributed by atoms with Crippen molar-refractivity contribution in [3.05, 3.63) is 72.9 Å². The standard InChI is InChI=1S/C49H83NO7/c1-6-8-10-12-14-16-18-19-20-21-22-23-24-25-26-27-28-29-30-32-34-36-38-40-48(52)57-45(43-55-42-41-46(49(53)54)50(3,4)5)44-56-47(51)39-37-35-33-31-17-15-13-11-9-7-2/h8,10,13-16,19-20,22-23,25-26,45-46H,6-7,9,11-12,17-18,21,24,27-44H2,1-5H3/p+1/b10-8+,15-13+,16-14+,20-19+,23-22+,26-25+. The minimum Gasteiger partial charge on any atom is -0.477 e. The first kappa shape index (κ1) is 53.8. The molecule has 8 nitrogen and oxygen atoms in total. The van der Waals surface area contributed by atoms with E-state index in [0.29, 0.717) is 19.3 Å². The molecule has 0 fully saturated rings. The van der Waals surface area contributed by atoms with Gasteiger partial charge in [0, 0.05) is 19.3 Å². The van der Waals surface area contributed by atoms with Crippen molar-refractivity contribution in [2.45, 2.75) is 180 Å². The van der Waals surface area contributed by atoms with Gasteiger partial charge in [-0.3, -0.25) is 9.59 Å². The summed E-state index contributed by atoms with van der Waals surface area (Å²) in [4.78, 5) is 36.9. The van der Waals surface area contributed by atoms with Crippen molar-refractivity contribution in [3.63, 3.8) is 0 Å². The number of likely N-dealkylation sites (N-methyl/N-ethyl adjacent to an activating group) is 1. The molecule has 0 rings (SSSR count). The van der Waals surface area contributed by atoms with Crippen molar-refractivity contribution < 1.29 is 38.2 Å². The van der Waals surface area contributed by atoms with Crippen molar-refractivity contribution in [3.8, 4) is 0 Å². The van der Waals surface area contributed by atoms with Gasteiger partial charge in [-0.25, -0.2) is 4.79 Å². The minimum absolute atomic E-state index is 0.0495. The second-order valence-electron chi connectivity index (χ2n) is 15.9. The molecule has 0 heterocycles. The van der Waals surface area contributed by atoms with Crippen LogP contribution in [0.2, 0.25) is 0 Å². The summed E-state index contributed by atoms with van der Waals surface area (Å²) in [5.41, 5.74) is 0. The summed E-state index contributed by atoms with van der Waals surface area (Å²) < 4.78 is 17.2. The zero-order valence-corrected chi connectivity index (χ0v) is 37.0. The molecule has 0 aromatic rings. The van der Waals surface area contributed by atoms with Gasteiger partial charge in [0.05, 0.1) is 34.4 Å². The van der Waals surface area contributed by atoms with E-state index in [4.69, 9.17) is 14.2 Å². The summed E-state index contributed by atoms with van der Waals surface area (Å²) in [6, 6.07) is -0.621. The zero-order valence-electron chi connectivity index (χ0n) is 37.0. The first-order valence-electron chi connectivity index (χ1n) is 22.5. The fourth-order valence-electron chi connectivity index (χ4n) is 6.10. The van der Waals surface area contributed by atoms with Crippen LogP contribution in [0.1, 0.15) is 168 Å². The summed E-state index contributed by atoms with van der Waals surface area (Å²) in [6.07, 6.45) is 49.5. The Bertz CT molecular complexity index is 1160. The Labute approximate surface area is 349 Å². The molecule has 2 unspecified atom stereocenters. The van der Waals surface area contributed by atoms with Crippen molar-refractivity contribution in [2.75, 3.05) is 41.0 Å². The number of aliphatic carboxylic acids is 1. The van der Waals surface area contributed by atoms with Gasteiger partial charge >= 0.3 is 17.9 Å². The molecule has 2 atom stereocenters. The van der Waals surface area contributed by atoms with Crippen molar-refractivity contribution in [1.82, 2.24) is 0 Å². The highest BCUT2D eigenvalue weighted by molar-refractivity contribution is 5.72. The second-order valence-corrected chi connectivity index (χ2v) is 15.9. The predicted molar refractivity (Wildman–Crippen MR) is 238 cm³/mol. The molecule has 0 aliphatic carbocycles. The van der Waals surface area contributed by atoms with E-state index in [0.717, 1.165) is 103 Å². The van der Waals surface area contributed by atoms with Crippen molar-refractivity contribution in [2.24, 2.45) is 0 Å². The van der Waals surface area contributed by atoms with Gasteiger partial charge in [-0.15, -0.1) is 0 Å². The van der Waals surface area contributed by atoms with Gasteiger partial charge in [0.15, 0.2) is 12.1 Å². The van der Waals surface area contributed by atoms with Gasteiger partial charge in [0.1, 0.15) is 6.61 Å². The van der Waals surface area contributed by atoms with Gasteiger partial charge < -0.3 is 23.8 Å². The SMILES string of the molecule is CC/C=C/C/C=C/C/C=C/C/C=C/C/C=C/CCCCCCCCCC(=O)OC(COCCC(C(=O)O)[N+](C)(C)C)COC(=O)CCCCCC/C=C/CCCC. The van der Waals surface area contributed by atoms with Crippen LogP contribution in [0.5, 0.6) is 0 Å². The van der Waals surface area contributed by atoms with E-state index in [1.54, 1.807) is 0 Å². The van der Waals surface area contributed by atoms with Gasteiger partial charge in [-0.1, -0.05) is 145 Å². The first-order chi connectivity index (χ1) is 27.6. The number of hydrogen-bond acceptors (Lipinski definition) is 6. The van der Waals surface area contributed by atoms with Crippen LogP contribution in [-0.4, -0.2) is 80.6 Å². The van der Waals surface area contributed by atoms with E-state index in [1.807, 2.05) is 21.1 Å². The lowest BCUT2D eigenvalue weighted by Gasteiger charge is -2.31. The Morgan fingerprint density at radius 3 is 1.47 bits per heavy atom. The molecular formula is C49H84NO7+. The quantitative estimate of drug-likeness (QED) is 0.0286. The van der Waals surface area contributed by atoms with Crippen LogP contribution in [0, 0.1) is 0 Å². The van der Waals surface area contributed by atoms with Gasteiger partial charge in [0.25, 0.3) is 0 Å². The lowest BCUT2D eigenvalue weighted by Crippen LogP contribution is -2.50. The van der Waals surface area contributed by atoms with Crippen LogP contribution in [0.25, 0.3) is 0 Å². The van der Waals surface area contributed by atoms with E-state index in [1.165, 1.54) is 32.1 Å². The lowest BCUT2D eigenvalue weighted by molar-refractivity contribution is -0.887. The smallest absolute Gasteiger partial charge is 0.362 e. The first-order valence-corrected chi connectivity index (χ1v) is 22.5. The molecule has 0 aliphatic heterocycles. The summed E-state index contributed by atoms with van der Waals surface area (Å²) in [6.45, 7) is 4.54. The average Bonchev–Trinajstić information content (AvgIpc) is 3.17. The number of carbonyl (C=O) groups excluding carboxylic acids is 2. The summed E-state index contributed by atoms with van der Waals surface area (Å²) in [5, 5.41) is 9.61. The number of allylic oxidation sites excluding steroid dienone is 12. The van der Waals surface area contributed by atoms with Crippen LogP contribution in [-0.2, 0) is 28.6 Å². The molecule has 0 saturated carbocycles. The zero-order chi connectivity index (χ0) is 42.1. The number of ether oxygens (including phenoxy) is 3. The monoisotopic (exact) mass is 799 g/mol. The molecule has 0 aromatic carbocycles. The molecule has 0 radical (unpaired) electrons. The summed E-state index contributed by atoms with van der Waals surface area (Å²) in [5.74, 6) is -1.51. The Kier molecular flexibility index (Phi) is 37.3. The van der Waals surface area contributed by atoms with E-state index >= 15 is 0 Å². The van der Waals surface area contributed by atoms with Crippen LogP contribution >= 0.6 is 0 Å². The number of hydrogen-bond donors (Lipinski definition) is 1. The van der Waals surface area contributed by atoms with Gasteiger partial charge in [-0.05, 0) is 77.0 Å². The van der Waals surface area contributed by atoms with Crippen LogP contribution < -0.4 is 0 Å². The molecule has 0 spiro atoms. The summed E-state index contributed by atoms with van der Waals surface area (Å²) >= 11 is 0. The Morgan fingerprint density at radius 1 is 0.544 bits per heavy atom. The topological polar surface area (TPSA) is 99.1 Å². The molecule has 0 bridgehead atoms. The number of rotatable bonds is 39. The number of quaternary nitrogens is 1. The van der Waals surface area contributed by atoms with Crippen LogP contribution in [0.3, 0.4) is 0 Å². The normalized spacial score (nSPS) is 13.6. The fraction of sp³-hybridized carbons (Fsp3) is 0.694. The minimum atomic E-state index is -0.882. The Hall–Kier alpha value is -3.23. The molecular weight excluding hydrogens is 715 g/mol. The maximum absolute atomic E-state index is 12.7. The van der Waals surface area contributed by atoms with Crippen molar-refractivity contribution >= 4 is 17.9 Å². The lowest BCUT2D eigenvalue weighted by atomic mass is 10.1. The van der Waals surface area contributed by atoms with E-state index in [2.05, 4.69) is 86.8 Å². The molecule has 0 aliphatic rings. The predicted octanol–water partition coefficient (Wildman–Crippen LogP) is 12.4. The number of unbranched alkanes of at least 4 members (excludes halogenated alkanes) is 13. The molecule has 1 N–H and O–H groups in total. The Morgan fingerprint density at radius 2 is 0.982 bits per heavy atom. The van der Waals surface area contributed by atoms with E-state index in [9.17, 15) is 19.5 Å². The summed E-state index contributed by atoms with van der Waals surface area (Å²) in [7, 11) is 5.51. The highest BCUT2D eigenvalue weighted by Gasteiger charge is 2.31. The van der Waals surface area contributed by atoms with Gasteiger partial charge in [-0.2, -0.15) is 0 Å². The third kappa shape index (κ3) is 38.1. The molecule has 326 valence electrons. The molecule has 0 aromatic heterocycles. The maximum atomic E-state index is 12.7. The highest BCUT2D eigenvalue weighted by Crippen LogP contribution is 2.13. The van der Waals surface area contributed by atoms with Crippen molar-refractivity contribution in [1.29, 1.82) is 0 Å². The average molecular weight is 799 g/mol. The number of esters is 2. The largest absolute Gasteiger partial charge is 0.477 e. The number of carboxylic acid groups (broad SMARTS) is 1. The van der Waals surface area contributed by atoms with Gasteiger partial charge in [0.2, 0.25) is 0 Å². The van der Waals surface area contributed by atoms with E-state index < -0.39 is 18.1 Å². The number of carbonyl (C=O) groups is 3. The Balaban J connectivity index is 4.30. The number of carboxylic acids is 1. The van der Waals surface area contributed by atoms with Crippen LogP contribution in [0.4, 0.5) is 0 Å². The van der Waals surface area contributed by atoms with Crippen LogP contribution in [0.15, 0.2) is 72.9 Å². The number of nitrogens with zero attached hydrogens (tertiary/aromatic N) is 1. The molecule has 0 amide bonds. The molecule has 57 heavy (non-hydrogen) atoms. The second kappa shape index (κ2) is 39.6. The highest BCUT2D eigenvalue weighted by atomic mass is 16.6. The maximum Gasteiger partial charge on any atom is 0.362 e. The molecule has 0 saturated heterocycles. The fourth-order valence-corrected chi connectivity index (χ4v) is 6.10. The third-order valence-electron chi connectivity index (χ3n) is 9.59. The molecule has 8 heteroatoms.